The van der Waals surface area contributed by atoms with Crippen LogP contribution in [0.25, 0.3) is 16.7 Å². The van der Waals surface area contributed by atoms with Gasteiger partial charge in [-0.1, -0.05) is 30.3 Å². The lowest BCUT2D eigenvalue weighted by molar-refractivity contribution is 0.199. The molecular weight excluding hydrogens is 403 g/mol. The topological polar surface area (TPSA) is 38.5 Å². The first-order valence-corrected chi connectivity index (χ1v) is 11.4. The Labute approximate surface area is 188 Å². The van der Waals surface area contributed by atoms with Gasteiger partial charge in [0.15, 0.2) is 0 Å². The van der Waals surface area contributed by atoms with Gasteiger partial charge in [0.2, 0.25) is 0 Å². The Bertz CT molecular complexity index is 1140. The lowest BCUT2D eigenvalue weighted by atomic mass is 9.88. The molecule has 0 bridgehead atoms. The Hall–Kier alpha value is -2.92. The van der Waals surface area contributed by atoms with E-state index in [1.165, 1.54) is 30.5 Å². The molecule has 0 amide bonds. The maximum Gasteiger partial charge on any atom is 0.141 e. The maximum absolute atomic E-state index is 13.7. The molecule has 0 aliphatic carbocycles. The van der Waals surface area contributed by atoms with Crippen LogP contribution in [0.5, 0.6) is 5.75 Å². The van der Waals surface area contributed by atoms with Crippen molar-refractivity contribution < 1.29 is 13.7 Å². The molecule has 4 nitrogen and oxygen atoms in total. The van der Waals surface area contributed by atoms with Gasteiger partial charge in [0.05, 0.1) is 5.69 Å². The average Bonchev–Trinajstić information content (AvgIpc) is 3.13. The van der Waals surface area contributed by atoms with E-state index in [2.05, 4.69) is 29.1 Å². The van der Waals surface area contributed by atoms with Gasteiger partial charge in [-0.2, -0.15) is 0 Å². The Morgan fingerprint density at radius 1 is 1.03 bits per heavy atom. The summed E-state index contributed by atoms with van der Waals surface area (Å²) in [4.78, 5) is 2.52. The first kappa shape index (κ1) is 21.0. The molecule has 32 heavy (non-hydrogen) atoms. The van der Waals surface area contributed by atoms with Gasteiger partial charge in [0.1, 0.15) is 23.9 Å². The number of aromatic nitrogens is 1. The number of hydrogen-bond acceptors (Lipinski definition) is 4. The Kier molecular flexibility index (Phi) is 5.60. The Balaban J connectivity index is 1.61. The third-order valence-corrected chi connectivity index (χ3v) is 6.75. The third kappa shape index (κ3) is 3.97. The molecule has 2 aliphatic heterocycles. The first-order valence-electron chi connectivity index (χ1n) is 11.4. The number of benzene rings is 2. The summed E-state index contributed by atoms with van der Waals surface area (Å²) in [5, 5.41) is 4.12. The van der Waals surface area contributed by atoms with Gasteiger partial charge >= 0.3 is 0 Å². The molecule has 0 radical (unpaired) electrons. The lowest BCUT2D eigenvalue weighted by Gasteiger charge is -2.33. The molecule has 0 unspecified atom stereocenters. The molecule has 0 atom stereocenters. The molecule has 2 aromatic carbocycles. The summed E-state index contributed by atoms with van der Waals surface area (Å²) >= 11 is 0. The van der Waals surface area contributed by atoms with E-state index in [0.29, 0.717) is 6.61 Å². The molecule has 1 fully saturated rings. The number of ether oxygens (including phenoxy) is 1. The van der Waals surface area contributed by atoms with Gasteiger partial charge in [-0.15, -0.1) is 0 Å². The average molecular weight is 433 g/mol. The summed E-state index contributed by atoms with van der Waals surface area (Å²) in [6, 6.07) is 13.1. The van der Waals surface area contributed by atoms with E-state index in [1.54, 1.807) is 0 Å². The molecule has 3 heterocycles. The fourth-order valence-corrected chi connectivity index (χ4v) is 4.92. The van der Waals surface area contributed by atoms with Crippen molar-refractivity contribution in [1.29, 1.82) is 0 Å². The minimum atomic E-state index is -0.224. The zero-order valence-electron chi connectivity index (χ0n) is 19.0. The van der Waals surface area contributed by atoms with Crippen LogP contribution < -0.4 is 4.74 Å². The van der Waals surface area contributed by atoms with Crippen LogP contribution in [-0.2, 0) is 0 Å². The van der Waals surface area contributed by atoms with Gasteiger partial charge in [-0.25, -0.2) is 4.39 Å². The number of rotatable bonds is 4. The number of hydrogen-bond donors (Lipinski definition) is 0. The minimum Gasteiger partial charge on any atom is -0.489 e. The molecular formula is C27H29FN2O2. The SMILES string of the molecule is Cc1noc(C)c1-c1ccc2c(c1)C(c1ccc(F)cc1)=C(CN1CCC(C)CC1)CO2. The molecule has 1 aromatic heterocycles. The van der Waals surface area contributed by atoms with Crippen LogP contribution in [0.2, 0.25) is 0 Å². The maximum atomic E-state index is 13.7. The Morgan fingerprint density at radius 2 is 1.75 bits per heavy atom. The largest absolute Gasteiger partial charge is 0.489 e. The highest BCUT2D eigenvalue weighted by Gasteiger charge is 2.26. The van der Waals surface area contributed by atoms with Gasteiger partial charge < -0.3 is 9.26 Å². The van der Waals surface area contributed by atoms with E-state index in [9.17, 15) is 4.39 Å². The van der Waals surface area contributed by atoms with E-state index in [-0.39, 0.29) is 5.82 Å². The van der Waals surface area contributed by atoms with E-state index in [1.807, 2.05) is 32.0 Å². The highest BCUT2D eigenvalue weighted by atomic mass is 19.1. The second-order valence-electron chi connectivity index (χ2n) is 9.14. The summed E-state index contributed by atoms with van der Waals surface area (Å²) in [5.74, 6) is 2.22. The van der Waals surface area contributed by atoms with E-state index < -0.39 is 0 Å². The van der Waals surface area contributed by atoms with Crippen molar-refractivity contribution in [2.24, 2.45) is 5.92 Å². The highest BCUT2D eigenvalue weighted by molar-refractivity contribution is 5.88. The smallest absolute Gasteiger partial charge is 0.141 e. The van der Waals surface area contributed by atoms with Crippen molar-refractivity contribution in [3.63, 3.8) is 0 Å². The Morgan fingerprint density at radius 3 is 2.44 bits per heavy atom. The number of likely N-dealkylation sites (tertiary alicyclic amines) is 1. The molecule has 0 saturated carbocycles. The normalized spacial score (nSPS) is 17.4. The molecule has 1 saturated heterocycles. The second kappa shape index (κ2) is 8.55. The number of fused-ring (bicyclic) bond motifs is 1. The number of piperidine rings is 1. The zero-order chi connectivity index (χ0) is 22.2. The summed E-state index contributed by atoms with van der Waals surface area (Å²) in [5.41, 5.74) is 7.40. The fourth-order valence-electron chi connectivity index (χ4n) is 4.92. The van der Waals surface area contributed by atoms with Crippen molar-refractivity contribution in [2.75, 3.05) is 26.2 Å². The van der Waals surface area contributed by atoms with Crippen LogP contribution >= 0.6 is 0 Å². The second-order valence-corrected chi connectivity index (χ2v) is 9.14. The van der Waals surface area contributed by atoms with E-state index in [0.717, 1.165) is 70.6 Å². The van der Waals surface area contributed by atoms with Crippen LogP contribution in [0.4, 0.5) is 4.39 Å². The predicted molar refractivity (Wildman–Crippen MR) is 124 cm³/mol. The molecule has 5 rings (SSSR count). The van der Waals surface area contributed by atoms with Crippen molar-refractivity contribution in [2.45, 2.75) is 33.6 Å². The van der Waals surface area contributed by atoms with Gasteiger partial charge in [0, 0.05) is 17.7 Å². The van der Waals surface area contributed by atoms with Crippen LogP contribution in [0.15, 0.2) is 52.6 Å². The standard InChI is InChI=1S/C27H29FN2O2/c1-17-10-12-30(13-11-17)15-22-16-31-25-9-6-21(26-18(2)29-32-19(26)3)14-24(25)27(22)20-4-7-23(28)8-5-20/h4-9,14,17H,10-13,15-16H2,1-3H3. The number of halogens is 1. The molecule has 2 aliphatic rings. The zero-order valence-corrected chi connectivity index (χ0v) is 19.0. The summed E-state index contributed by atoms with van der Waals surface area (Å²) in [7, 11) is 0. The fraction of sp³-hybridized carbons (Fsp3) is 0.370. The van der Waals surface area contributed by atoms with Gasteiger partial charge in [-0.3, -0.25) is 4.90 Å². The lowest BCUT2D eigenvalue weighted by Crippen LogP contribution is -2.36. The van der Waals surface area contributed by atoms with Crippen LogP contribution in [0.1, 0.15) is 42.3 Å². The van der Waals surface area contributed by atoms with Crippen molar-refractivity contribution in [3.8, 4) is 16.9 Å². The summed E-state index contributed by atoms with van der Waals surface area (Å²) in [6.45, 7) is 9.86. The van der Waals surface area contributed by atoms with Crippen LogP contribution in [-0.4, -0.2) is 36.3 Å². The quantitative estimate of drug-likeness (QED) is 0.505. The first-order chi connectivity index (χ1) is 15.5. The summed E-state index contributed by atoms with van der Waals surface area (Å²) in [6.07, 6.45) is 2.46. The minimum absolute atomic E-state index is 0.224. The van der Waals surface area contributed by atoms with E-state index in [4.69, 9.17) is 9.26 Å². The van der Waals surface area contributed by atoms with Crippen LogP contribution in [0.3, 0.4) is 0 Å². The van der Waals surface area contributed by atoms with E-state index >= 15 is 0 Å². The van der Waals surface area contributed by atoms with Crippen molar-refractivity contribution in [1.82, 2.24) is 10.1 Å². The van der Waals surface area contributed by atoms with Crippen molar-refractivity contribution >= 4 is 5.57 Å². The number of nitrogens with zero attached hydrogens (tertiary/aromatic N) is 2. The monoisotopic (exact) mass is 432 g/mol. The van der Waals surface area contributed by atoms with Crippen LogP contribution in [0, 0.1) is 25.6 Å². The van der Waals surface area contributed by atoms with Gasteiger partial charge in [0.25, 0.3) is 0 Å². The molecule has 3 aromatic rings. The predicted octanol–water partition coefficient (Wildman–Crippen LogP) is 6.02. The molecule has 5 heteroatoms. The third-order valence-electron chi connectivity index (χ3n) is 6.75. The van der Waals surface area contributed by atoms with Gasteiger partial charge in [-0.05, 0) is 92.2 Å². The molecule has 0 spiro atoms. The summed E-state index contributed by atoms with van der Waals surface area (Å²) < 4.78 is 25.3. The molecule has 0 N–H and O–H groups in total. The van der Waals surface area contributed by atoms with Crippen molar-refractivity contribution in [3.05, 3.63) is 76.4 Å². The highest BCUT2D eigenvalue weighted by Crippen LogP contribution is 2.41. The number of aryl methyl sites for hydroxylation is 2. The molecule has 166 valence electrons.